The molecule has 8 heteroatoms. The summed E-state index contributed by atoms with van der Waals surface area (Å²) in [5.74, 6) is -3.71. The first-order valence-electron chi connectivity index (χ1n) is 4.64. The molecule has 0 unspecified atom stereocenters. The van der Waals surface area contributed by atoms with Gasteiger partial charge < -0.3 is 4.90 Å². The Morgan fingerprint density at radius 3 is 2.56 bits per heavy atom. The lowest BCUT2D eigenvalue weighted by Gasteiger charge is -2.13. The number of nitrogens with zero attached hydrogens (tertiary/aromatic N) is 3. The monoisotopic (exact) mass is 255 g/mol. The highest BCUT2D eigenvalue weighted by molar-refractivity contribution is 5.98. The zero-order valence-corrected chi connectivity index (χ0v) is 9.18. The van der Waals surface area contributed by atoms with Gasteiger partial charge in [0.1, 0.15) is 12.1 Å². The van der Waals surface area contributed by atoms with E-state index in [9.17, 15) is 23.7 Å². The van der Waals surface area contributed by atoms with Gasteiger partial charge in [-0.15, -0.1) is 0 Å². The molecule has 0 bridgehead atoms. The Morgan fingerprint density at radius 2 is 2.06 bits per heavy atom. The highest BCUT2D eigenvalue weighted by atomic mass is 19.2. The van der Waals surface area contributed by atoms with E-state index < -0.39 is 33.7 Å². The third-order valence-corrected chi connectivity index (χ3v) is 2.12. The number of rotatable bonds is 3. The normalized spacial score (nSPS) is 9.67. The number of nitro groups is 1. The lowest BCUT2D eigenvalue weighted by Crippen LogP contribution is -2.27. The molecule has 1 aromatic rings. The number of nitro benzene ring substituents is 1. The number of nitriles is 1. The molecule has 0 saturated heterocycles. The Labute approximate surface area is 100 Å². The van der Waals surface area contributed by atoms with Crippen LogP contribution in [0.3, 0.4) is 0 Å². The van der Waals surface area contributed by atoms with E-state index in [-0.39, 0.29) is 6.54 Å². The molecule has 0 atom stereocenters. The van der Waals surface area contributed by atoms with Crippen molar-refractivity contribution in [1.29, 1.82) is 5.26 Å². The van der Waals surface area contributed by atoms with Crippen molar-refractivity contribution in [2.75, 3.05) is 13.6 Å². The standard InChI is InChI=1S/C10H7F2N3O3/c1-14(3-2-13)10(16)6-4-7(11)8(12)5-9(6)15(17)18/h4-5H,3H2,1H3. The predicted molar refractivity (Wildman–Crippen MR) is 55.6 cm³/mol. The maximum absolute atomic E-state index is 13.0. The summed E-state index contributed by atoms with van der Waals surface area (Å²) >= 11 is 0. The molecule has 0 heterocycles. The van der Waals surface area contributed by atoms with Crippen LogP contribution in [-0.4, -0.2) is 29.3 Å². The summed E-state index contributed by atoms with van der Waals surface area (Å²) in [6.07, 6.45) is 0. The van der Waals surface area contributed by atoms with E-state index >= 15 is 0 Å². The van der Waals surface area contributed by atoms with Crippen LogP contribution in [0.2, 0.25) is 0 Å². The summed E-state index contributed by atoms with van der Waals surface area (Å²) in [7, 11) is 1.22. The van der Waals surface area contributed by atoms with E-state index in [2.05, 4.69) is 0 Å². The average Bonchev–Trinajstić information content (AvgIpc) is 2.31. The Morgan fingerprint density at radius 1 is 1.50 bits per heavy atom. The van der Waals surface area contributed by atoms with Crippen LogP contribution in [0.5, 0.6) is 0 Å². The molecule has 94 valence electrons. The number of hydrogen-bond acceptors (Lipinski definition) is 4. The molecule has 0 aliphatic rings. The van der Waals surface area contributed by atoms with Crippen molar-refractivity contribution in [3.63, 3.8) is 0 Å². The van der Waals surface area contributed by atoms with Gasteiger partial charge in [0.25, 0.3) is 11.6 Å². The number of carbonyl (C=O) groups is 1. The lowest BCUT2D eigenvalue weighted by molar-refractivity contribution is -0.385. The fourth-order valence-corrected chi connectivity index (χ4v) is 1.24. The van der Waals surface area contributed by atoms with Crippen LogP contribution in [0.25, 0.3) is 0 Å². The number of benzene rings is 1. The average molecular weight is 255 g/mol. The van der Waals surface area contributed by atoms with Crippen molar-refractivity contribution in [1.82, 2.24) is 4.90 Å². The van der Waals surface area contributed by atoms with Gasteiger partial charge in [-0.25, -0.2) is 8.78 Å². The van der Waals surface area contributed by atoms with Gasteiger partial charge in [0.2, 0.25) is 0 Å². The first-order valence-corrected chi connectivity index (χ1v) is 4.64. The van der Waals surface area contributed by atoms with E-state index in [4.69, 9.17) is 5.26 Å². The molecule has 0 aromatic heterocycles. The van der Waals surface area contributed by atoms with Gasteiger partial charge in [-0.3, -0.25) is 14.9 Å². The zero-order valence-electron chi connectivity index (χ0n) is 9.18. The van der Waals surface area contributed by atoms with E-state index in [1.165, 1.54) is 7.05 Å². The second kappa shape index (κ2) is 5.18. The second-order valence-corrected chi connectivity index (χ2v) is 3.36. The SMILES string of the molecule is CN(CC#N)C(=O)c1cc(F)c(F)cc1[N+](=O)[O-]. The molecule has 0 fully saturated rings. The lowest BCUT2D eigenvalue weighted by atomic mass is 10.1. The van der Waals surface area contributed by atoms with Crippen LogP contribution in [0, 0.1) is 33.1 Å². The quantitative estimate of drug-likeness (QED) is 0.464. The Bertz CT molecular complexity index is 554. The largest absolute Gasteiger partial charge is 0.328 e. The van der Waals surface area contributed by atoms with Gasteiger partial charge in [-0.1, -0.05) is 0 Å². The van der Waals surface area contributed by atoms with Crippen molar-refractivity contribution in [2.24, 2.45) is 0 Å². The topological polar surface area (TPSA) is 87.2 Å². The molecule has 0 saturated carbocycles. The molecule has 6 nitrogen and oxygen atoms in total. The van der Waals surface area contributed by atoms with Gasteiger partial charge in [0, 0.05) is 7.05 Å². The van der Waals surface area contributed by atoms with Crippen LogP contribution in [0.4, 0.5) is 14.5 Å². The first kappa shape index (κ1) is 13.5. The predicted octanol–water partition coefficient (Wildman–Crippen LogP) is 1.47. The molecule has 1 aromatic carbocycles. The number of halogens is 2. The van der Waals surface area contributed by atoms with Gasteiger partial charge >= 0.3 is 0 Å². The summed E-state index contributed by atoms with van der Waals surface area (Å²) in [5.41, 5.74) is -1.44. The summed E-state index contributed by atoms with van der Waals surface area (Å²) < 4.78 is 25.9. The second-order valence-electron chi connectivity index (χ2n) is 3.36. The minimum absolute atomic E-state index is 0.324. The smallest absolute Gasteiger partial charge is 0.285 e. The molecule has 1 amide bonds. The summed E-state index contributed by atoms with van der Waals surface area (Å²) in [6, 6.07) is 2.44. The number of hydrogen-bond donors (Lipinski definition) is 0. The maximum atomic E-state index is 13.0. The fourth-order valence-electron chi connectivity index (χ4n) is 1.24. The maximum Gasteiger partial charge on any atom is 0.285 e. The van der Waals surface area contributed by atoms with E-state index in [1.54, 1.807) is 6.07 Å². The number of carbonyl (C=O) groups excluding carboxylic acids is 1. The third-order valence-electron chi connectivity index (χ3n) is 2.12. The molecular formula is C10H7F2N3O3. The van der Waals surface area contributed by atoms with Crippen molar-refractivity contribution < 1.29 is 18.5 Å². The van der Waals surface area contributed by atoms with Crippen LogP contribution >= 0.6 is 0 Å². The third kappa shape index (κ3) is 2.57. The van der Waals surface area contributed by atoms with Crippen molar-refractivity contribution >= 4 is 11.6 Å². The highest BCUT2D eigenvalue weighted by Gasteiger charge is 2.25. The van der Waals surface area contributed by atoms with Crippen LogP contribution < -0.4 is 0 Å². The van der Waals surface area contributed by atoms with Crippen LogP contribution in [0.15, 0.2) is 12.1 Å². The zero-order chi connectivity index (χ0) is 13.9. The van der Waals surface area contributed by atoms with Crippen molar-refractivity contribution in [2.45, 2.75) is 0 Å². The van der Waals surface area contributed by atoms with E-state index in [0.717, 1.165) is 4.90 Å². The minimum atomic E-state index is -1.42. The molecule has 0 radical (unpaired) electrons. The fraction of sp³-hybridized carbons (Fsp3) is 0.200. The highest BCUT2D eigenvalue weighted by Crippen LogP contribution is 2.23. The summed E-state index contributed by atoms with van der Waals surface area (Å²) in [5, 5.41) is 19.0. The van der Waals surface area contributed by atoms with Gasteiger partial charge in [0.15, 0.2) is 11.6 Å². The molecule has 18 heavy (non-hydrogen) atoms. The van der Waals surface area contributed by atoms with Crippen LogP contribution in [0.1, 0.15) is 10.4 Å². The molecule has 0 aliphatic carbocycles. The van der Waals surface area contributed by atoms with E-state index in [0.29, 0.717) is 12.1 Å². The molecule has 0 aliphatic heterocycles. The Hall–Kier alpha value is -2.56. The minimum Gasteiger partial charge on any atom is -0.328 e. The van der Waals surface area contributed by atoms with Gasteiger partial charge in [-0.05, 0) is 6.07 Å². The molecule has 1 rings (SSSR count). The number of amides is 1. The molecule has 0 spiro atoms. The van der Waals surface area contributed by atoms with Gasteiger partial charge in [-0.2, -0.15) is 5.26 Å². The Kier molecular flexibility index (Phi) is 3.89. The van der Waals surface area contributed by atoms with Crippen LogP contribution in [-0.2, 0) is 0 Å². The molecular weight excluding hydrogens is 248 g/mol. The first-order chi connectivity index (χ1) is 8.38. The summed E-state index contributed by atoms with van der Waals surface area (Å²) in [4.78, 5) is 22.2. The Balaban J connectivity index is 3.31. The van der Waals surface area contributed by atoms with Crippen molar-refractivity contribution in [3.05, 3.63) is 39.4 Å². The summed E-state index contributed by atoms with van der Waals surface area (Å²) in [6.45, 7) is -0.324. The van der Waals surface area contributed by atoms with Gasteiger partial charge in [0.05, 0.1) is 17.1 Å². The molecule has 0 N–H and O–H groups in total. The van der Waals surface area contributed by atoms with E-state index in [1.807, 2.05) is 0 Å². The van der Waals surface area contributed by atoms with Crippen molar-refractivity contribution in [3.8, 4) is 6.07 Å².